The second-order valence-corrected chi connectivity index (χ2v) is 4.93. The third-order valence-electron chi connectivity index (χ3n) is 2.56. The van der Waals surface area contributed by atoms with Crippen molar-refractivity contribution in [3.8, 4) is 0 Å². The highest BCUT2D eigenvalue weighted by Gasteiger charge is 2.22. The number of nitrogens with one attached hydrogen (secondary N) is 2. The standard InChI is InChI=1S/C12H14Cl2N2O/c13-9-2-1-3-10(14)12(9)15-7-6-11(17)16-8-4-5-8/h1-3,8,15H,4-7H2,(H,16,17). The summed E-state index contributed by atoms with van der Waals surface area (Å²) >= 11 is 12.0. The highest BCUT2D eigenvalue weighted by Crippen LogP contribution is 2.29. The highest BCUT2D eigenvalue weighted by molar-refractivity contribution is 6.39. The minimum absolute atomic E-state index is 0.0724. The van der Waals surface area contributed by atoms with Crippen molar-refractivity contribution in [1.82, 2.24) is 5.32 Å². The fraction of sp³-hybridized carbons (Fsp3) is 0.417. The van der Waals surface area contributed by atoms with Gasteiger partial charge in [0, 0.05) is 19.0 Å². The second-order valence-electron chi connectivity index (χ2n) is 4.12. The average molecular weight is 273 g/mol. The Kier molecular flexibility index (Phi) is 4.13. The zero-order valence-corrected chi connectivity index (χ0v) is 10.8. The van der Waals surface area contributed by atoms with E-state index in [4.69, 9.17) is 23.2 Å². The van der Waals surface area contributed by atoms with Crippen molar-refractivity contribution in [1.29, 1.82) is 0 Å². The van der Waals surface area contributed by atoms with Crippen molar-refractivity contribution in [2.24, 2.45) is 0 Å². The van der Waals surface area contributed by atoms with Gasteiger partial charge in [-0.3, -0.25) is 4.79 Å². The van der Waals surface area contributed by atoms with Gasteiger partial charge in [-0.25, -0.2) is 0 Å². The van der Waals surface area contributed by atoms with E-state index in [0.29, 0.717) is 34.7 Å². The van der Waals surface area contributed by atoms with Gasteiger partial charge < -0.3 is 10.6 Å². The lowest BCUT2D eigenvalue weighted by Gasteiger charge is -2.10. The summed E-state index contributed by atoms with van der Waals surface area (Å²) in [4.78, 5) is 11.4. The maximum Gasteiger partial charge on any atom is 0.221 e. The van der Waals surface area contributed by atoms with Gasteiger partial charge in [0.25, 0.3) is 0 Å². The van der Waals surface area contributed by atoms with Gasteiger partial charge in [0.1, 0.15) is 0 Å². The van der Waals surface area contributed by atoms with Crippen LogP contribution in [0.15, 0.2) is 18.2 Å². The van der Waals surface area contributed by atoms with E-state index in [2.05, 4.69) is 10.6 Å². The van der Waals surface area contributed by atoms with Crippen LogP contribution in [0.4, 0.5) is 5.69 Å². The van der Waals surface area contributed by atoms with Crippen LogP contribution in [0, 0.1) is 0 Å². The molecule has 5 heteroatoms. The Morgan fingerprint density at radius 3 is 2.53 bits per heavy atom. The summed E-state index contributed by atoms with van der Waals surface area (Å²) in [5.74, 6) is 0.0724. The summed E-state index contributed by atoms with van der Waals surface area (Å²) in [5, 5.41) is 7.14. The second kappa shape index (κ2) is 5.61. The van der Waals surface area contributed by atoms with Gasteiger partial charge in [0.05, 0.1) is 15.7 Å². The maximum absolute atomic E-state index is 11.4. The zero-order valence-electron chi connectivity index (χ0n) is 9.30. The number of hydrogen-bond donors (Lipinski definition) is 2. The van der Waals surface area contributed by atoms with E-state index in [1.807, 2.05) is 0 Å². The molecule has 0 heterocycles. The van der Waals surface area contributed by atoms with Crippen molar-refractivity contribution in [3.63, 3.8) is 0 Å². The topological polar surface area (TPSA) is 41.1 Å². The molecule has 2 N–H and O–H groups in total. The molecule has 2 rings (SSSR count). The number of amides is 1. The van der Waals surface area contributed by atoms with Gasteiger partial charge in [-0.2, -0.15) is 0 Å². The smallest absolute Gasteiger partial charge is 0.221 e. The average Bonchev–Trinajstić information content (AvgIpc) is 3.06. The number of carbonyl (C=O) groups excluding carboxylic acids is 1. The zero-order chi connectivity index (χ0) is 12.3. The maximum atomic E-state index is 11.4. The highest BCUT2D eigenvalue weighted by atomic mass is 35.5. The molecule has 1 amide bonds. The van der Waals surface area contributed by atoms with Crippen LogP contribution in [0.3, 0.4) is 0 Å². The molecule has 0 saturated heterocycles. The third kappa shape index (κ3) is 3.79. The number of rotatable bonds is 5. The van der Waals surface area contributed by atoms with Crippen LogP contribution in [-0.2, 0) is 4.79 Å². The molecule has 0 radical (unpaired) electrons. The molecule has 0 atom stereocenters. The first-order valence-corrected chi connectivity index (χ1v) is 6.39. The summed E-state index contributed by atoms with van der Waals surface area (Å²) in [7, 11) is 0. The summed E-state index contributed by atoms with van der Waals surface area (Å²) in [6.07, 6.45) is 2.64. The molecule has 0 aromatic heterocycles. The molecule has 17 heavy (non-hydrogen) atoms. The molecule has 0 spiro atoms. The van der Waals surface area contributed by atoms with Gasteiger partial charge in [-0.15, -0.1) is 0 Å². The first-order valence-electron chi connectivity index (χ1n) is 5.64. The van der Waals surface area contributed by atoms with Crippen molar-refractivity contribution in [2.45, 2.75) is 25.3 Å². The normalized spacial score (nSPS) is 14.5. The van der Waals surface area contributed by atoms with Crippen molar-refractivity contribution in [2.75, 3.05) is 11.9 Å². The van der Waals surface area contributed by atoms with Crippen molar-refractivity contribution in [3.05, 3.63) is 28.2 Å². The van der Waals surface area contributed by atoms with Gasteiger partial charge in [-0.05, 0) is 25.0 Å². The summed E-state index contributed by atoms with van der Waals surface area (Å²) in [6, 6.07) is 5.72. The lowest BCUT2D eigenvalue weighted by molar-refractivity contribution is -0.120. The van der Waals surface area contributed by atoms with E-state index in [1.165, 1.54) is 0 Å². The van der Waals surface area contributed by atoms with Gasteiger partial charge in [-0.1, -0.05) is 29.3 Å². The SMILES string of the molecule is O=C(CCNc1c(Cl)cccc1Cl)NC1CC1. The molecular weight excluding hydrogens is 259 g/mol. The fourth-order valence-corrected chi connectivity index (χ4v) is 2.03. The Balaban J connectivity index is 1.79. The van der Waals surface area contributed by atoms with E-state index < -0.39 is 0 Å². The van der Waals surface area contributed by atoms with E-state index in [1.54, 1.807) is 18.2 Å². The molecule has 0 unspecified atom stereocenters. The van der Waals surface area contributed by atoms with Crippen molar-refractivity contribution < 1.29 is 4.79 Å². The Labute approximate surface area is 110 Å². The molecule has 3 nitrogen and oxygen atoms in total. The molecule has 0 bridgehead atoms. The molecular formula is C12H14Cl2N2O. The number of carbonyl (C=O) groups is 1. The van der Waals surface area contributed by atoms with Crippen LogP contribution in [0.5, 0.6) is 0 Å². The molecule has 92 valence electrons. The first-order chi connectivity index (χ1) is 8.16. The van der Waals surface area contributed by atoms with E-state index in [9.17, 15) is 4.79 Å². The van der Waals surface area contributed by atoms with E-state index in [-0.39, 0.29) is 5.91 Å². The van der Waals surface area contributed by atoms with Gasteiger partial charge in [0.15, 0.2) is 0 Å². The summed E-state index contributed by atoms with van der Waals surface area (Å²) in [6.45, 7) is 0.530. The molecule has 1 saturated carbocycles. The Morgan fingerprint density at radius 1 is 1.29 bits per heavy atom. The molecule has 1 aromatic carbocycles. The summed E-state index contributed by atoms with van der Waals surface area (Å²) in [5.41, 5.74) is 0.690. The molecule has 1 fully saturated rings. The van der Waals surface area contributed by atoms with Crippen molar-refractivity contribution >= 4 is 34.8 Å². The lowest BCUT2D eigenvalue weighted by atomic mass is 10.3. The fourth-order valence-electron chi connectivity index (χ4n) is 1.50. The number of benzene rings is 1. The lowest BCUT2D eigenvalue weighted by Crippen LogP contribution is -2.27. The molecule has 1 aliphatic carbocycles. The third-order valence-corrected chi connectivity index (χ3v) is 3.19. The quantitative estimate of drug-likeness (QED) is 0.865. The van der Waals surface area contributed by atoms with E-state index >= 15 is 0 Å². The van der Waals surface area contributed by atoms with Crippen LogP contribution in [-0.4, -0.2) is 18.5 Å². The minimum atomic E-state index is 0.0724. The predicted molar refractivity (Wildman–Crippen MR) is 70.7 cm³/mol. The van der Waals surface area contributed by atoms with Crippen LogP contribution < -0.4 is 10.6 Å². The van der Waals surface area contributed by atoms with Crippen LogP contribution in [0.1, 0.15) is 19.3 Å². The van der Waals surface area contributed by atoms with Gasteiger partial charge >= 0.3 is 0 Å². The molecule has 0 aliphatic heterocycles. The number of para-hydroxylation sites is 1. The van der Waals surface area contributed by atoms with Gasteiger partial charge in [0.2, 0.25) is 5.91 Å². The first kappa shape index (κ1) is 12.5. The Hall–Kier alpha value is -0.930. The monoisotopic (exact) mass is 272 g/mol. The number of halogens is 2. The predicted octanol–water partition coefficient (Wildman–Crippen LogP) is 3.07. The molecule has 1 aliphatic rings. The minimum Gasteiger partial charge on any atom is -0.382 e. The number of anilines is 1. The number of hydrogen-bond acceptors (Lipinski definition) is 2. The van der Waals surface area contributed by atoms with Crippen LogP contribution in [0.25, 0.3) is 0 Å². The Bertz CT molecular complexity index is 399. The Morgan fingerprint density at radius 2 is 1.94 bits per heavy atom. The van der Waals surface area contributed by atoms with Crippen LogP contribution >= 0.6 is 23.2 Å². The molecule has 1 aromatic rings. The van der Waals surface area contributed by atoms with Crippen LogP contribution in [0.2, 0.25) is 10.0 Å². The largest absolute Gasteiger partial charge is 0.382 e. The van der Waals surface area contributed by atoms with E-state index in [0.717, 1.165) is 12.8 Å². The summed E-state index contributed by atoms with van der Waals surface area (Å²) < 4.78 is 0.